The van der Waals surface area contributed by atoms with E-state index in [0.29, 0.717) is 26.3 Å². The van der Waals surface area contributed by atoms with Gasteiger partial charge in [0.25, 0.3) is 0 Å². The molecule has 5 nitrogen and oxygen atoms in total. The fraction of sp³-hybridized carbons (Fsp3) is 0.500. The third kappa shape index (κ3) is 4.23. The molecule has 0 aliphatic carbocycles. The zero-order chi connectivity index (χ0) is 14.6. The van der Waals surface area contributed by atoms with Crippen LogP contribution in [0.4, 0.5) is 4.39 Å². The molecule has 112 valence electrons. The highest BCUT2D eigenvalue weighted by Gasteiger charge is 2.16. The topological polar surface area (TPSA) is 58.6 Å². The van der Waals surface area contributed by atoms with E-state index in [0.717, 1.165) is 19.2 Å². The van der Waals surface area contributed by atoms with Crippen molar-refractivity contribution in [2.75, 3.05) is 39.4 Å². The standard InChI is InChI=1S/C12H16BrFN2O3S/c13-11-2-1-10(9-12(11)14)20(17,18)15-3-4-16-5-7-19-8-6-16/h1-2,9,15H,3-8H2. The van der Waals surface area contributed by atoms with Crippen LogP contribution in [-0.4, -0.2) is 52.7 Å². The van der Waals surface area contributed by atoms with Gasteiger partial charge in [-0.15, -0.1) is 0 Å². The summed E-state index contributed by atoms with van der Waals surface area (Å²) in [5.74, 6) is -0.596. The first kappa shape index (κ1) is 15.8. The minimum absolute atomic E-state index is 0.0693. The Balaban J connectivity index is 1.91. The molecule has 1 saturated heterocycles. The summed E-state index contributed by atoms with van der Waals surface area (Å²) in [6, 6.07) is 3.75. The summed E-state index contributed by atoms with van der Waals surface area (Å²) in [6.07, 6.45) is 0. The van der Waals surface area contributed by atoms with Gasteiger partial charge in [-0.05, 0) is 34.1 Å². The first-order valence-corrected chi connectivity index (χ1v) is 8.51. The molecular weight excluding hydrogens is 351 g/mol. The van der Waals surface area contributed by atoms with Gasteiger partial charge in [0.05, 0.1) is 22.6 Å². The van der Waals surface area contributed by atoms with Crippen LogP contribution >= 0.6 is 15.9 Å². The van der Waals surface area contributed by atoms with Crippen LogP contribution in [0.25, 0.3) is 0 Å². The highest BCUT2D eigenvalue weighted by atomic mass is 79.9. The molecule has 8 heteroatoms. The van der Waals surface area contributed by atoms with Gasteiger partial charge in [0.1, 0.15) is 5.82 Å². The van der Waals surface area contributed by atoms with Crippen molar-refractivity contribution in [2.24, 2.45) is 0 Å². The average Bonchev–Trinajstić information content (AvgIpc) is 2.43. The minimum Gasteiger partial charge on any atom is -0.379 e. The van der Waals surface area contributed by atoms with Crippen molar-refractivity contribution >= 4 is 26.0 Å². The number of nitrogens with zero attached hydrogens (tertiary/aromatic N) is 1. The van der Waals surface area contributed by atoms with Crippen molar-refractivity contribution in [1.29, 1.82) is 0 Å². The van der Waals surface area contributed by atoms with Crippen LogP contribution in [0.1, 0.15) is 0 Å². The normalized spacial score (nSPS) is 17.3. The van der Waals surface area contributed by atoms with Gasteiger partial charge in [0, 0.05) is 26.2 Å². The molecule has 0 aromatic heterocycles. The van der Waals surface area contributed by atoms with Gasteiger partial charge in [-0.25, -0.2) is 17.5 Å². The lowest BCUT2D eigenvalue weighted by Crippen LogP contribution is -2.41. The maximum absolute atomic E-state index is 13.4. The molecule has 0 saturated carbocycles. The number of hydrogen-bond donors (Lipinski definition) is 1. The molecule has 1 aromatic rings. The number of rotatable bonds is 5. The van der Waals surface area contributed by atoms with Gasteiger partial charge in [-0.3, -0.25) is 4.90 Å². The lowest BCUT2D eigenvalue weighted by Gasteiger charge is -2.26. The second-order valence-corrected chi connectivity index (χ2v) is 7.05. The van der Waals surface area contributed by atoms with Crippen LogP contribution in [0.2, 0.25) is 0 Å². The SMILES string of the molecule is O=S(=O)(NCCN1CCOCC1)c1ccc(Br)c(F)c1. The van der Waals surface area contributed by atoms with E-state index in [-0.39, 0.29) is 9.37 Å². The Morgan fingerprint density at radius 3 is 2.70 bits per heavy atom. The van der Waals surface area contributed by atoms with Crippen molar-refractivity contribution in [3.63, 3.8) is 0 Å². The van der Waals surface area contributed by atoms with E-state index in [4.69, 9.17) is 4.74 Å². The van der Waals surface area contributed by atoms with E-state index in [1.807, 2.05) is 0 Å². The van der Waals surface area contributed by atoms with Crippen molar-refractivity contribution in [2.45, 2.75) is 4.90 Å². The van der Waals surface area contributed by atoms with Crippen molar-refractivity contribution in [3.05, 3.63) is 28.5 Å². The summed E-state index contributed by atoms with van der Waals surface area (Å²) >= 11 is 2.99. The predicted molar refractivity (Wildman–Crippen MR) is 76.5 cm³/mol. The van der Waals surface area contributed by atoms with Crippen LogP contribution in [-0.2, 0) is 14.8 Å². The first-order valence-electron chi connectivity index (χ1n) is 6.24. The maximum atomic E-state index is 13.4. The third-order valence-electron chi connectivity index (χ3n) is 3.03. The number of benzene rings is 1. The fourth-order valence-corrected chi connectivity index (χ4v) is 3.17. The van der Waals surface area contributed by atoms with Gasteiger partial charge < -0.3 is 4.74 Å². The summed E-state index contributed by atoms with van der Waals surface area (Å²) in [5.41, 5.74) is 0. The molecule has 0 amide bonds. The lowest BCUT2D eigenvalue weighted by molar-refractivity contribution is 0.0390. The molecule has 1 fully saturated rings. The molecule has 0 atom stereocenters. The number of hydrogen-bond acceptors (Lipinski definition) is 4. The van der Waals surface area contributed by atoms with Crippen molar-refractivity contribution in [1.82, 2.24) is 9.62 Å². The van der Waals surface area contributed by atoms with E-state index in [2.05, 4.69) is 25.6 Å². The van der Waals surface area contributed by atoms with E-state index < -0.39 is 15.8 Å². The van der Waals surface area contributed by atoms with Gasteiger partial charge in [0.2, 0.25) is 10.0 Å². The molecule has 0 bridgehead atoms. The summed E-state index contributed by atoms with van der Waals surface area (Å²) < 4.78 is 45.3. The minimum atomic E-state index is -3.67. The second-order valence-electron chi connectivity index (χ2n) is 4.43. The molecular formula is C12H16BrFN2O3S. The summed E-state index contributed by atoms with van der Waals surface area (Å²) in [5, 5.41) is 0. The Morgan fingerprint density at radius 2 is 2.05 bits per heavy atom. The maximum Gasteiger partial charge on any atom is 0.240 e. The molecule has 0 unspecified atom stereocenters. The number of sulfonamides is 1. The van der Waals surface area contributed by atoms with Crippen LogP contribution in [0.3, 0.4) is 0 Å². The zero-order valence-electron chi connectivity index (χ0n) is 10.8. The molecule has 0 radical (unpaired) electrons. The Kier molecular flexibility index (Phi) is 5.50. The first-order chi connectivity index (χ1) is 9.49. The van der Waals surface area contributed by atoms with Gasteiger partial charge in [-0.2, -0.15) is 0 Å². The van der Waals surface area contributed by atoms with Crippen LogP contribution < -0.4 is 4.72 Å². The third-order valence-corrected chi connectivity index (χ3v) is 5.13. The van der Waals surface area contributed by atoms with Gasteiger partial charge in [-0.1, -0.05) is 0 Å². The van der Waals surface area contributed by atoms with E-state index in [1.165, 1.54) is 12.1 Å². The Labute approximate surface area is 126 Å². The van der Waals surface area contributed by atoms with E-state index in [9.17, 15) is 12.8 Å². The molecule has 1 N–H and O–H groups in total. The van der Waals surface area contributed by atoms with Gasteiger partial charge >= 0.3 is 0 Å². The van der Waals surface area contributed by atoms with Gasteiger partial charge in [0.15, 0.2) is 0 Å². The highest BCUT2D eigenvalue weighted by Crippen LogP contribution is 2.19. The van der Waals surface area contributed by atoms with Crippen LogP contribution in [0.5, 0.6) is 0 Å². The Morgan fingerprint density at radius 1 is 1.35 bits per heavy atom. The lowest BCUT2D eigenvalue weighted by atomic mass is 10.3. The number of halogens is 2. The molecule has 0 spiro atoms. The largest absolute Gasteiger partial charge is 0.379 e. The highest BCUT2D eigenvalue weighted by molar-refractivity contribution is 9.10. The van der Waals surface area contributed by atoms with E-state index >= 15 is 0 Å². The van der Waals surface area contributed by atoms with Crippen molar-refractivity contribution < 1.29 is 17.5 Å². The van der Waals surface area contributed by atoms with E-state index in [1.54, 1.807) is 0 Å². The number of ether oxygens (including phenoxy) is 1. The monoisotopic (exact) mass is 366 g/mol. The summed E-state index contributed by atoms with van der Waals surface area (Å²) in [6.45, 7) is 3.85. The molecule has 1 aliphatic rings. The zero-order valence-corrected chi connectivity index (χ0v) is 13.2. The number of nitrogens with one attached hydrogen (secondary N) is 1. The summed E-state index contributed by atoms with van der Waals surface area (Å²) in [4.78, 5) is 2.05. The smallest absolute Gasteiger partial charge is 0.240 e. The van der Waals surface area contributed by atoms with Crippen molar-refractivity contribution in [3.8, 4) is 0 Å². The molecule has 2 rings (SSSR count). The Hall–Kier alpha value is -0.540. The Bertz CT molecular complexity index is 562. The van der Waals surface area contributed by atoms with Crippen LogP contribution in [0.15, 0.2) is 27.6 Å². The molecule has 1 aromatic carbocycles. The predicted octanol–water partition coefficient (Wildman–Crippen LogP) is 1.20. The quantitative estimate of drug-likeness (QED) is 0.850. The molecule has 20 heavy (non-hydrogen) atoms. The molecule has 1 aliphatic heterocycles. The second kappa shape index (κ2) is 6.95. The number of morpholine rings is 1. The fourth-order valence-electron chi connectivity index (χ4n) is 1.89. The van der Waals surface area contributed by atoms with Crippen LogP contribution in [0, 0.1) is 5.82 Å². The summed E-state index contributed by atoms with van der Waals surface area (Å²) in [7, 11) is -3.67. The average molecular weight is 367 g/mol. The molecule has 1 heterocycles.